The van der Waals surface area contributed by atoms with E-state index in [0.717, 1.165) is 19.4 Å². The van der Waals surface area contributed by atoms with Crippen LogP contribution in [0.2, 0.25) is 0 Å². The first-order valence-corrected chi connectivity index (χ1v) is 4.60. The summed E-state index contributed by atoms with van der Waals surface area (Å²) in [5, 5.41) is 0. The highest BCUT2D eigenvalue weighted by Crippen LogP contribution is 2.16. The van der Waals surface area contributed by atoms with Crippen molar-refractivity contribution in [1.29, 1.82) is 0 Å². The Bertz CT molecular complexity index is 159. The highest BCUT2D eigenvalue weighted by molar-refractivity contribution is 5.67. The normalized spacial score (nSPS) is 24.8. The van der Waals surface area contributed by atoms with Crippen molar-refractivity contribution in [1.82, 2.24) is 4.90 Å². The Hall–Kier alpha value is -0.730. The molecule has 1 fully saturated rings. The molecule has 1 unspecified atom stereocenters. The Labute approximate surface area is 73.7 Å². The SMILES string of the molecule is COC(=O)N1CCCCCC1C. The molecule has 1 atom stereocenters. The molecule has 1 amide bonds. The Morgan fingerprint density at radius 1 is 1.42 bits per heavy atom. The van der Waals surface area contributed by atoms with Gasteiger partial charge in [0.05, 0.1) is 7.11 Å². The van der Waals surface area contributed by atoms with Gasteiger partial charge in [-0.15, -0.1) is 0 Å². The number of hydrogen-bond acceptors (Lipinski definition) is 2. The number of carbonyl (C=O) groups is 1. The van der Waals surface area contributed by atoms with Gasteiger partial charge in [0.2, 0.25) is 0 Å². The van der Waals surface area contributed by atoms with Gasteiger partial charge in [-0.3, -0.25) is 0 Å². The molecule has 0 N–H and O–H groups in total. The second kappa shape index (κ2) is 4.33. The van der Waals surface area contributed by atoms with E-state index in [2.05, 4.69) is 6.92 Å². The van der Waals surface area contributed by atoms with Crippen molar-refractivity contribution in [3.8, 4) is 0 Å². The van der Waals surface area contributed by atoms with Crippen LogP contribution in [-0.2, 0) is 4.74 Å². The van der Waals surface area contributed by atoms with Crippen molar-refractivity contribution < 1.29 is 9.53 Å². The van der Waals surface area contributed by atoms with Gasteiger partial charge in [0.15, 0.2) is 0 Å². The molecule has 0 aliphatic carbocycles. The van der Waals surface area contributed by atoms with Gasteiger partial charge in [0.25, 0.3) is 0 Å². The first-order chi connectivity index (χ1) is 5.75. The average Bonchev–Trinajstić information content (AvgIpc) is 2.28. The standard InChI is InChI=1S/C9H17NO2/c1-8-6-4-3-5-7-10(8)9(11)12-2/h8H,3-7H2,1-2H3. The van der Waals surface area contributed by atoms with Crippen molar-refractivity contribution in [2.24, 2.45) is 0 Å². The minimum absolute atomic E-state index is 0.176. The molecular formula is C9H17NO2. The van der Waals surface area contributed by atoms with E-state index in [0.29, 0.717) is 6.04 Å². The number of nitrogens with zero attached hydrogens (tertiary/aromatic N) is 1. The fraction of sp³-hybridized carbons (Fsp3) is 0.889. The molecule has 0 aromatic carbocycles. The van der Waals surface area contributed by atoms with Gasteiger partial charge < -0.3 is 9.64 Å². The minimum Gasteiger partial charge on any atom is -0.453 e. The van der Waals surface area contributed by atoms with E-state index >= 15 is 0 Å². The first-order valence-electron chi connectivity index (χ1n) is 4.60. The highest BCUT2D eigenvalue weighted by atomic mass is 16.5. The van der Waals surface area contributed by atoms with E-state index in [4.69, 9.17) is 4.74 Å². The zero-order valence-corrected chi connectivity index (χ0v) is 7.88. The summed E-state index contributed by atoms with van der Waals surface area (Å²) >= 11 is 0. The second-order valence-electron chi connectivity index (χ2n) is 3.36. The predicted molar refractivity (Wildman–Crippen MR) is 47.0 cm³/mol. The lowest BCUT2D eigenvalue weighted by atomic mass is 10.1. The highest BCUT2D eigenvalue weighted by Gasteiger charge is 2.21. The second-order valence-corrected chi connectivity index (χ2v) is 3.36. The summed E-state index contributed by atoms with van der Waals surface area (Å²) in [6.45, 7) is 2.94. The Kier molecular flexibility index (Phi) is 3.38. The third-order valence-corrected chi connectivity index (χ3v) is 2.46. The molecular weight excluding hydrogens is 154 g/mol. The van der Waals surface area contributed by atoms with Gasteiger partial charge in [-0.2, -0.15) is 0 Å². The molecule has 1 aliphatic heterocycles. The summed E-state index contributed by atoms with van der Waals surface area (Å²) in [6.07, 6.45) is 4.51. The lowest BCUT2D eigenvalue weighted by Gasteiger charge is -2.25. The number of methoxy groups -OCH3 is 1. The number of likely N-dealkylation sites (tertiary alicyclic amines) is 1. The summed E-state index contributed by atoms with van der Waals surface area (Å²) in [5.41, 5.74) is 0. The summed E-state index contributed by atoms with van der Waals surface area (Å²) in [5.74, 6) is 0. The maximum atomic E-state index is 11.2. The molecule has 0 aromatic heterocycles. The van der Waals surface area contributed by atoms with Crippen LogP contribution in [-0.4, -0.2) is 30.7 Å². The van der Waals surface area contributed by atoms with Gasteiger partial charge >= 0.3 is 6.09 Å². The van der Waals surface area contributed by atoms with Crippen LogP contribution in [0.1, 0.15) is 32.6 Å². The zero-order valence-electron chi connectivity index (χ0n) is 7.88. The molecule has 0 radical (unpaired) electrons. The summed E-state index contributed by atoms with van der Waals surface area (Å²) in [4.78, 5) is 13.1. The van der Waals surface area contributed by atoms with Gasteiger partial charge in [0.1, 0.15) is 0 Å². The molecule has 3 nitrogen and oxygen atoms in total. The number of ether oxygens (including phenoxy) is 1. The Morgan fingerprint density at radius 3 is 2.83 bits per heavy atom. The van der Waals surface area contributed by atoms with Crippen LogP contribution < -0.4 is 0 Å². The van der Waals surface area contributed by atoms with Crippen molar-refractivity contribution in [2.45, 2.75) is 38.6 Å². The predicted octanol–water partition coefficient (Wildman–Crippen LogP) is 2.02. The quantitative estimate of drug-likeness (QED) is 0.558. The molecule has 0 aromatic rings. The number of hydrogen-bond donors (Lipinski definition) is 0. The maximum absolute atomic E-state index is 11.2. The fourth-order valence-corrected chi connectivity index (χ4v) is 1.66. The molecule has 0 bridgehead atoms. The van der Waals surface area contributed by atoms with E-state index in [-0.39, 0.29) is 6.09 Å². The summed E-state index contributed by atoms with van der Waals surface area (Å²) < 4.78 is 4.70. The Morgan fingerprint density at radius 2 is 2.17 bits per heavy atom. The average molecular weight is 171 g/mol. The molecule has 1 rings (SSSR count). The van der Waals surface area contributed by atoms with E-state index in [1.807, 2.05) is 4.90 Å². The fourth-order valence-electron chi connectivity index (χ4n) is 1.66. The van der Waals surface area contributed by atoms with Gasteiger partial charge in [-0.05, 0) is 19.8 Å². The minimum atomic E-state index is -0.176. The summed E-state index contributed by atoms with van der Waals surface area (Å²) in [6, 6.07) is 0.347. The van der Waals surface area contributed by atoms with Gasteiger partial charge in [-0.1, -0.05) is 12.8 Å². The third-order valence-electron chi connectivity index (χ3n) is 2.46. The Balaban J connectivity index is 2.52. The summed E-state index contributed by atoms with van der Waals surface area (Å²) in [7, 11) is 1.44. The van der Waals surface area contributed by atoms with Crippen molar-refractivity contribution in [3.05, 3.63) is 0 Å². The zero-order chi connectivity index (χ0) is 8.97. The van der Waals surface area contributed by atoms with E-state index in [1.165, 1.54) is 20.0 Å². The van der Waals surface area contributed by atoms with Crippen LogP contribution in [0, 0.1) is 0 Å². The maximum Gasteiger partial charge on any atom is 0.409 e. The van der Waals surface area contributed by atoms with Gasteiger partial charge in [0, 0.05) is 12.6 Å². The molecule has 1 aliphatic rings. The van der Waals surface area contributed by atoms with Crippen LogP contribution in [0.25, 0.3) is 0 Å². The third kappa shape index (κ3) is 2.13. The van der Waals surface area contributed by atoms with Crippen LogP contribution in [0.3, 0.4) is 0 Å². The molecule has 3 heteroatoms. The molecule has 0 spiro atoms. The molecule has 1 heterocycles. The monoisotopic (exact) mass is 171 g/mol. The van der Waals surface area contributed by atoms with Crippen molar-refractivity contribution in [3.63, 3.8) is 0 Å². The van der Waals surface area contributed by atoms with Crippen LogP contribution >= 0.6 is 0 Å². The van der Waals surface area contributed by atoms with Gasteiger partial charge in [-0.25, -0.2) is 4.79 Å². The van der Waals surface area contributed by atoms with E-state index in [9.17, 15) is 4.79 Å². The molecule has 70 valence electrons. The lowest BCUT2D eigenvalue weighted by molar-refractivity contribution is 0.109. The first kappa shape index (κ1) is 9.36. The molecule has 0 saturated carbocycles. The number of rotatable bonds is 0. The lowest BCUT2D eigenvalue weighted by Crippen LogP contribution is -2.38. The number of amides is 1. The van der Waals surface area contributed by atoms with Crippen molar-refractivity contribution in [2.75, 3.05) is 13.7 Å². The number of carbonyl (C=O) groups excluding carboxylic acids is 1. The van der Waals surface area contributed by atoms with Crippen LogP contribution in [0.4, 0.5) is 4.79 Å². The van der Waals surface area contributed by atoms with Crippen molar-refractivity contribution >= 4 is 6.09 Å². The van der Waals surface area contributed by atoms with E-state index < -0.39 is 0 Å². The topological polar surface area (TPSA) is 29.5 Å². The molecule has 12 heavy (non-hydrogen) atoms. The van der Waals surface area contributed by atoms with Crippen LogP contribution in [0.15, 0.2) is 0 Å². The molecule has 1 saturated heterocycles. The largest absolute Gasteiger partial charge is 0.453 e. The van der Waals surface area contributed by atoms with E-state index in [1.54, 1.807) is 0 Å². The smallest absolute Gasteiger partial charge is 0.409 e. The van der Waals surface area contributed by atoms with Crippen LogP contribution in [0.5, 0.6) is 0 Å².